The van der Waals surface area contributed by atoms with Crippen molar-refractivity contribution in [1.29, 1.82) is 0 Å². The summed E-state index contributed by atoms with van der Waals surface area (Å²) in [5.74, 6) is 0.700. The monoisotopic (exact) mass is 248 g/mol. The van der Waals surface area contributed by atoms with Gasteiger partial charge in [0.1, 0.15) is 5.78 Å². The molecule has 0 saturated heterocycles. The number of imidazole rings is 1. The number of benzene rings is 1. The van der Waals surface area contributed by atoms with Crippen LogP contribution in [0.2, 0.25) is 0 Å². The van der Waals surface area contributed by atoms with E-state index in [0.717, 1.165) is 16.2 Å². The maximum Gasteiger partial charge on any atom is 0.166 e. The van der Waals surface area contributed by atoms with Crippen LogP contribution in [0.1, 0.15) is 20.8 Å². The molecule has 3 nitrogen and oxygen atoms in total. The third-order valence-electron chi connectivity index (χ3n) is 2.54. The van der Waals surface area contributed by atoms with E-state index in [2.05, 4.69) is 9.97 Å². The van der Waals surface area contributed by atoms with Gasteiger partial charge in [0.25, 0.3) is 0 Å². The first-order valence-corrected chi connectivity index (χ1v) is 6.56. The molecule has 1 aromatic carbocycles. The number of carbonyl (C=O) groups is 1. The number of hydrogen-bond donors (Lipinski definition) is 1. The molecule has 0 bridgehead atoms. The van der Waals surface area contributed by atoms with Crippen molar-refractivity contribution in [2.24, 2.45) is 5.41 Å². The van der Waals surface area contributed by atoms with Crippen LogP contribution in [-0.4, -0.2) is 21.5 Å². The van der Waals surface area contributed by atoms with Crippen molar-refractivity contribution in [3.05, 3.63) is 24.3 Å². The van der Waals surface area contributed by atoms with E-state index in [9.17, 15) is 4.79 Å². The molecule has 0 aliphatic heterocycles. The van der Waals surface area contributed by atoms with Crippen LogP contribution >= 0.6 is 11.8 Å². The lowest BCUT2D eigenvalue weighted by Gasteiger charge is -2.15. The van der Waals surface area contributed by atoms with Gasteiger partial charge in [0, 0.05) is 5.41 Å². The number of H-pyrrole nitrogens is 1. The standard InChI is InChI=1S/C13H16N2OS/c1-13(2,3)11(16)8-17-12-14-9-6-4-5-7-10(9)15-12/h4-7H,8H2,1-3H3,(H,14,15). The van der Waals surface area contributed by atoms with Crippen LogP contribution in [0.25, 0.3) is 11.0 Å². The molecular weight excluding hydrogens is 232 g/mol. The lowest BCUT2D eigenvalue weighted by atomic mass is 9.92. The summed E-state index contributed by atoms with van der Waals surface area (Å²) in [6.45, 7) is 5.82. The van der Waals surface area contributed by atoms with Gasteiger partial charge in [0.15, 0.2) is 5.16 Å². The van der Waals surface area contributed by atoms with Gasteiger partial charge in [0.2, 0.25) is 0 Å². The number of carbonyl (C=O) groups excluding carboxylic acids is 1. The average molecular weight is 248 g/mol. The number of hydrogen-bond acceptors (Lipinski definition) is 3. The SMILES string of the molecule is CC(C)(C)C(=O)CSc1nc2ccccc2[nH]1. The molecule has 1 N–H and O–H groups in total. The summed E-state index contributed by atoms with van der Waals surface area (Å²) in [7, 11) is 0. The molecule has 0 saturated carbocycles. The van der Waals surface area contributed by atoms with E-state index in [1.807, 2.05) is 45.0 Å². The van der Waals surface area contributed by atoms with Crippen LogP contribution < -0.4 is 0 Å². The van der Waals surface area contributed by atoms with Gasteiger partial charge in [-0.1, -0.05) is 44.7 Å². The summed E-state index contributed by atoms with van der Waals surface area (Å²) < 4.78 is 0. The molecule has 1 heterocycles. The van der Waals surface area contributed by atoms with Gasteiger partial charge in [-0.25, -0.2) is 4.98 Å². The molecule has 2 aromatic rings. The number of aromatic nitrogens is 2. The van der Waals surface area contributed by atoms with Crippen LogP contribution in [0.15, 0.2) is 29.4 Å². The summed E-state index contributed by atoms with van der Waals surface area (Å²) in [5.41, 5.74) is 1.68. The van der Waals surface area contributed by atoms with Gasteiger partial charge in [-0.15, -0.1) is 0 Å². The number of fused-ring (bicyclic) bond motifs is 1. The minimum absolute atomic E-state index is 0.239. The Hall–Kier alpha value is -1.29. The molecule has 17 heavy (non-hydrogen) atoms. The first-order valence-electron chi connectivity index (χ1n) is 5.58. The molecule has 0 amide bonds. The third kappa shape index (κ3) is 2.88. The van der Waals surface area contributed by atoms with Crippen LogP contribution in [0.3, 0.4) is 0 Å². The van der Waals surface area contributed by atoms with Gasteiger partial charge in [-0.2, -0.15) is 0 Å². The number of Topliss-reactive ketones (excluding diaryl/α,β-unsaturated/α-hetero) is 1. The molecule has 2 rings (SSSR count). The summed E-state index contributed by atoms with van der Waals surface area (Å²) >= 11 is 1.46. The highest BCUT2D eigenvalue weighted by atomic mass is 32.2. The lowest BCUT2D eigenvalue weighted by molar-refractivity contribution is -0.123. The van der Waals surface area contributed by atoms with Gasteiger partial charge in [-0.05, 0) is 12.1 Å². The fourth-order valence-corrected chi connectivity index (χ4v) is 2.39. The third-order valence-corrected chi connectivity index (χ3v) is 3.42. The number of para-hydroxylation sites is 2. The van der Waals surface area contributed by atoms with Crippen molar-refractivity contribution in [3.63, 3.8) is 0 Å². The highest BCUT2D eigenvalue weighted by Crippen LogP contribution is 2.23. The molecule has 0 spiro atoms. The maximum atomic E-state index is 11.8. The smallest absolute Gasteiger partial charge is 0.166 e. The van der Waals surface area contributed by atoms with E-state index in [4.69, 9.17) is 0 Å². The first-order chi connectivity index (χ1) is 7.97. The van der Waals surface area contributed by atoms with E-state index in [1.54, 1.807) is 0 Å². The van der Waals surface area contributed by atoms with E-state index < -0.39 is 0 Å². The predicted octanol–water partition coefficient (Wildman–Crippen LogP) is 3.27. The van der Waals surface area contributed by atoms with Crippen molar-refractivity contribution in [3.8, 4) is 0 Å². The summed E-state index contributed by atoms with van der Waals surface area (Å²) in [6, 6.07) is 7.87. The van der Waals surface area contributed by atoms with Crippen LogP contribution in [-0.2, 0) is 4.79 Å². The van der Waals surface area contributed by atoms with Gasteiger partial charge in [0.05, 0.1) is 16.8 Å². The average Bonchev–Trinajstić information content (AvgIpc) is 2.66. The van der Waals surface area contributed by atoms with Crippen molar-refractivity contribution < 1.29 is 4.79 Å². The molecule has 0 fully saturated rings. The largest absolute Gasteiger partial charge is 0.333 e. The van der Waals surface area contributed by atoms with Crippen LogP contribution in [0.5, 0.6) is 0 Å². The molecule has 0 atom stereocenters. The highest BCUT2D eigenvalue weighted by Gasteiger charge is 2.21. The van der Waals surface area contributed by atoms with Crippen LogP contribution in [0, 0.1) is 5.41 Å². The minimum atomic E-state index is -0.279. The molecule has 0 aliphatic carbocycles. The van der Waals surface area contributed by atoms with E-state index in [1.165, 1.54) is 11.8 Å². The highest BCUT2D eigenvalue weighted by molar-refractivity contribution is 7.99. The quantitative estimate of drug-likeness (QED) is 0.848. The Labute approximate surface area is 105 Å². The number of thioether (sulfide) groups is 1. The predicted molar refractivity (Wildman–Crippen MR) is 71.3 cm³/mol. The van der Waals surface area contributed by atoms with Crippen molar-refractivity contribution >= 4 is 28.6 Å². The summed E-state index contributed by atoms with van der Waals surface area (Å²) in [6.07, 6.45) is 0. The Morgan fingerprint density at radius 2 is 2.06 bits per heavy atom. The second-order valence-corrected chi connectivity index (χ2v) is 5.99. The van der Waals surface area contributed by atoms with Gasteiger partial charge in [-0.3, -0.25) is 4.79 Å². The molecule has 0 unspecified atom stereocenters. The number of ketones is 1. The second kappa shape index (κ2) is 4.53. The summed E-state index contributed by atoms with van der Waals surface area (Å²) in [4.78, 5) is 19.4. The Balaban J connectivity index is 2.07. The Morgan fingerprint density at radius 3 is 2.71 bits per heavy atom. The molecular formula is C13H16N2OS. The van der Waals surface area contributed by atoms with Crippen molar-refractivity contribution in [2.45, 2.75) is 25.9 Å². The zero-order valence-corrected chi connectivity index (χ0v) is 11.1. The van der Waals surface area contributed by atoms with Crippen LogP contribution in [0.4, 0.5) is 0 Å². The van der Waals surface area contributed by atoms with Gasteiger partial charge < -0.3 is 4.98 Å². The van der Waals surface area contributed by atoms with E-state index in [-0.39, 0.29) is 11.2 Å². The normalized spacial score (nSPS) is 11.9. The first kappa shape index (κ1) is 12.2. The van der Waals surface area contributed by atoms with Crippen molar-refractivity contribution in [2.75, 3.05) is 5.75 Å². The number of nitrogens with zero attached hydrogens (tertiary/aromatic N) is 1. The lowest BCUT2D eigenvalue weighted by Crippen LogP contribution is -2.22. The minimum Gasteiger partial charge on any atom is -0.333 e. The molecule has 0 aliphatic rings. The fourth-order valence-electron chi connectivity index (χ4n) is 1.35. The Bertz CT molecular complexity index is 507. The zero-order chi connectivity index (χ0) is 12.5. The number of aromatic amines is 1. The van der Waals surface area contributed by atoms with Gasteiger partial charge >= 0.3 is 0 Å². The number of rotatable bonds is 3. The van der Waals surface area contributed by atoms with Crippen molar-refractivity contribution in [1.82, 2.24) is 9.97 Å². The van der Waals surface area contributed by atoms with E-state index in [0.29, 0.717) is 5.75 Å². The molecule has 1 aromatic heterocycles. The van der Waals surface area contributed by atoms with E-state index >= 15 is 0 Å². The topological polar surface area (TPSA) is 45.8 Å². The molecule has 4 heteroatoms. The Morgan fingerprint density at radius 1 is 1.35 bits per heavy atom. The summed E-state index contributed by atoms with van der Waals surface area (Å²) in [5, 5.41) is 0.809. The number of nitrogens with one attached hydrogen (secondary N) is 1. The fraction of sp³-hybridized carbons (Fsp3) is 0.385. The Kier molecular flexibility index (Phi) is 3.24. The molecule has 0 radical (unpaired) electrons. The second-order valence-electron chi connectivity index (χ2n) is 5.02. The maximum absolute atomic E-state index is 11.8. The zero-order valence-electron chi connectivity index (χ0n) is 10.3. The molecule has 90 valence electrons.